The third-order valence-electron chi connectivity index (χ3n) is 3.41. The van der Waals surface area contributed by atoms with Gasteiger partial charge >= 0.3 is 15.6 Å². The minimum atomic E-state index is -5.71. The molecule has 0 bridgehead atoms. The van der Waals surface area contributed by atoms with Crippen molar-refractivity contribution < 1.29 is 30.6 Å². The van der Waals surface area contributed by atoms with Crippen molar-refractivity contribution in [1.82, 2.24) is 0 Å². The molecule has 20 heavy (non-hydrogen) atoms. The molecule has 0 aromatic heterocycles. The Morgan fingerprint density at radius 1 is 1.25 bits per heavy atom. The SMILES string of the molecule is CC(C)(C)C1CCC(OS(=O)(=O)C(F)(F)F)=C(C=O)C1. The van der Waals surface area contributed by atoms with Crippen molar-refractivity contribution in [3.8, 4) is 0 Å². The van der Waals surface area contributed by atoms with E-state index in [9.17, 15) is 26.4 Å². The number of hydrogen-bond acceptors (Lipinski definition) is 4. The van der Waals surface area contributed by atoms with Crippen LogP contribution in [-0.4, -0.2) is 20.2 Å². The fourth-order valence-corrected chi connectivity index (χ4v) is 2.62. The topological polar surface area (TPSA) is 60.4 Å². The normalized spacial score (nSPS) is 21.8. The van der Waals surface area contributed by atoms with Gasteiger partial charge in [-0.25, -0.2) is 0 Å². The Labute approximate surface area is 116 Å². The predicted octanol–water partition coefficient (Wildman–Crippen LogP) is 3.15. The van der Waals surface area contributed by atoms with Gasteiger partial charge < -0.3 is 4.18 Å². The number of rotatable bonds is 3. The van der Waals surface area contributed by atoms with Gasteiger partial charge in [0.05, 0.1) is 0 Å². The summed E-state index contributed by atoms with van der Waals surface area (Å²) < 4.78 is 62.8. The van der Waals surface area contributed by atoms with Crippen LogP contribution in [0.4, 0.5) is 13.2 Å². The maximum absolute atomic E-state index is 12.3. The van der Waals surface area contributed by atoms with Gasteiger partial charge in [0.1, 0.15) is 12.0 Å². The van der Waals surface area contributed by atoms with E-state index in [0.29, 0.717) is 12.7 Å². The Bertz CT molecular complexity index is 512. The van der Waals surface area contributed by atoms with E-state index >= 15 is 0 Å². The van der Waals surface area contributed by atoms with Crippen LogP contribution in [0.2, 0.25) is 0 Å². The number of aldehydes is 1. The van der Waals surface area contributed by atoms with Gasteiger partial charge in [-0.05, 0) is 24.2 Å². The van der Waals surface area contributed by atoms with E-state index in [1.807, 2.05) is 20.8 Å². The second-order valence-corrected chi connectivity index (χ2v) is 7.39. The van der Waals surface area contributed by atoms with Crippen LogP contribution in [0.3, 0.4) is 0 Å². The second kappa shape index (κ2) is 5.38. The molecule has 1 aliphatic carbocycles. The molecular weight excluding hydrogens is 297 g/mol. The molecule has 0 saturated heterocycles. The summed E-state index contributed by atoms with van der Waals surface area (Å²) in [4.78, 5) is 11.0. The first kappa shape index (κ1) is 17.0. The van der Waals surface area contributed by atoms with Crippen LogP contribution >= 0.6 is 0 Å². The van der Waals surface area contributed by atoms with Crippen molar-refractivity contribution in [2.75, 3.05) is 0 Å². The Kier molecular flexibility index (Phi) is 4.58. The number of hydrogen-bond donors (Lipinski definition) is 0. The van der Waals surface area contributed by atoms with Crippen LogP contribution in [0.5, 0.6) is 0 Å². The molecule has 116 valence electrons. The van der Waals surface area contributed by atoms with Crippen LogP contribution < -0.4 is 0 Å². The monoisotopic (exact) mass is 314 g/mol. The lowest BCUT2D eigenvalue weighted by atomic mass is 9.72. The zero-order valence-corrected chi connectivity index (χ0v) is 12.3. The molecule has 0 fully saturated rings. The quantitative estimate of drug-likeness (QED) is 0.456. The summed E-state index contributed by atoms with van der Waals surface area (Å²) in [6, 6.07) is 0. The van der Waals surface area contributed by atoms with Crippen molar-refractivity contribution in [3.63, 3.8) is 0 Å². The number of carbonyl (C=O) groups is 1. The van der Waals surface area contributed by atoms with Gasteiger partial charge in [-0.2, -0.15) is 21.6 Å². The minimum Gasteiger partial charge on any atom is -0.380 e. The number of carbonyl (C=O) groups excluding carboxylic acids is 1. The zero-order chi connectivity index (χ0) is 15.8. The van der Waals surface area contributed by atoms with Crippen molar-refractivity contribution in [1.29, 1.82) is 0 Å². The average molecular weight is 314 g/mol. The first-order valence-electron chi connectivity index (χ1n) is 6.06. The van der Waals surface area contributed by atoms with Crippen molar-refractivity contribution >= 4 is 16.4 Å². The van der Waals surface area contributed by atoms with Crippen molar-refractivity contribution in [2.45, 2.75) is 45.5 Å². The van der Waals surface area contributed by atoms with Gasteiger partial charge in [-0.15, -0.1) is 0 Å². The molecule has 0 aromatic carbocycles. The highest BCUT2D eigenvalue weighted by molar-refractivity contribution is 7.87. The van der Waals surface area contributed by atoms with Crippen LogP contribution in [-0.2, 0) is 19.1 Å². The largest absolute Gasteiger partial charge is 0.534 e. The van der Waals surface area contributed by atoms with Gasteiger partial charge in [0.2, 0.25) is 0 Å². The van der Waals surface area contributed by atoms with E-state index in [2.05, 4.69) is 4.18 Å². The van der Waals surface area contributed by atoms with Crippen molar-refractivity contribution in [3.05, 3.63) is 11.3 Å². The summed E-state index contributed by atoms with van der Waals surface area (Å²) >= 11 is 0. The van der Waals surface area contributed by atoms with Crippen LogP contribution in [0.15, 0.2) is 11.3 Å². The predicted molar refractivity (Wildman–Crippen MR) is 65.9 cm³/mol. The molecule has 1 unspecified atom stereocenters. The van der Waals surface area contributed by atoms with Crippen LogP contribution in [0, 0.1) is 11.3 Å². The average Bonchev–Trinajstić information content (AvgIpc) is 2.26. The summed E-state index contributed by atoms with van der Waals surface area (Å²) in [5, 5.41) is 0. The molecule has 4 nitrogen and oxygen atoms in total. The van der Waals surface area contributed by atoms with E-state index in [1.54, 1.807) is 0 Å². The summed E-state index contributed by atoms with van der Waals surface area (Å²) in [7, 11) is -5.71. The molecule has 0 aromatic rings. The fraction of sp³-hybridized carbons (Fsp3) is 0.750. The van der Waals surface area contributed by atoms with Gasteiger partial charge in [-0.3, -0.25) is 4.79 Å². The van der Waals surface area contributed by atoms with E-state index in [0.717, 1.165) is 0 Å². The first-order chi connectivity index (χ1) is 8.88. The Balaban J connectivity index is 3.02. The molecule has 1 atom stereocenters. The van der Waals surface area contributed by atoms with E-state index in [1.165, 1.54) is 0 Å². The van der Waals surface area contributed by atoms with Gasteiger partial charge in [0, 0.05) is 12.0 Å². The third kappa shape index (κ3) is 3.74. The molecule has 1 rings (SSSR count). The highest BCUT2D eigenvalue weighted by Crippen LogP contribution is 2.41. The molecule has 0 spiro atoms. The van der Waals surface area contributed by atoms with E-state index < -0.39 is 21.4 Å². The summed E-state index contributed by atoms with van der Waals surface area (Å²) in [5.74, 6) is -0.304. The third-order valence-corrected chi connectivity index (χ3v) is 4.39. The number of allylic oxidation sites excluding steroid dienone is 2. The number of alkyl halides is 3. The van der Waals surface area contributed by atoms with Gasteiger partial charge in [-0.1, -0.05) is 20.8 Å². The molecule has 0 N–H and O–H groups in total. The molecular formula is C12H17F3O4S. The molecule has 0 aliphatic heterocycles. The van der Waals surface area contributed by atoms with E-state index in [4.69, 9.17) is 0 Å². The summed E-state index contributed by atoms with van der Waals surface area (Å²) in [6.07, 6.45) is 1.07. The molecule has 0 saturated carbocycles. The molecule has 1 aliphatic rings. The Morgan fingerprint density at radius 3 is 2.20 bits per heavy atom. The molecule has 0 amide bonds. The zero-order valence-electron chi connectivity index (χ0n) is 11.5. The summed E-state index contributed by atoms with van der Waals surface area (Å²) in [5.41, 5.74) is -5.62. The van der Waals surface area contributed by atoms with Crippen LogP contribution in [0.25, 0.3) is 0 Å². The second-order valence-electron chi connectivity index (χ2n) is 5.86. The maximum atomic E-state index is 12.3. The lowest BCUT2D eigenvalue weighted by Gasteiger charge is -2.34. The lowest BCUT2D eigenvalue weighted by Crippen LogP contribution is -2.29. The smallest absolute Gasteiger partial charge is 0.380 e. The molecule has 8 heteroatoms. The first-order valence-corrected chi connectivity index (χ1v) is 7.47. The van der Waals surface area contributed by atoms with Crippen LogP contribution in [0.1, 0.15) is 40.0 Å². The highest BCUT2D eigenvalue weighted by Gasteiger charge is 2.49. The molecule has 0 heterocycles. The molecule has 0 radical (unpaired) electrons. The standard InChI is InChI=1S/C12H17F3O4S/c1-11(2,3)9-4-5-10(8(6-9)7-16)19-20(17,18)12(13,14)15/h7,9H,4-6H2,1-3H3. The lowest BCUT2D eigenvalue weighted by molar-refractivity contribution is -0.105. The highest BCUT2D eigenvalue weighted by atomic mass is 32.2. The van der Waals surface area contributed by atoms with E-state index in [-0.39, 0.29) is 29.7 Å². The Hall–Kier alpha value is -1.05. The van der Waals surface area contributed by atoms with Gasteiger partial charge in [0.15, 0.2) is 0 Å². The number of halogens is 3. The van der Waals surface area contributed by atoms with Gasteiger partial charge in [0.25, 0.3) is 0 Å². The fourth-order valence-electron chi connectivity index (χ4n) is 2.08. The summed E-state index contributed by atoms with van der Waals surface area (Å²) in [6.45, 7) is 5.87. The maximum Gasteiger partial charge on any atom is 0.534 e. The van der Waals surface area contributed by atoms with Crippen molar-refractivity contribution in [2.24, 2.45) is 11.3 Å². The Morgan fingerprint density at radius 2 is 1.80 bits per heavy atom. The minimum absolute atomic E-state index is 0.00528.